The molecule has 1 rings (SSSR count). The van der Waals surface area contributed by atoms with Gasteiger partial charge in [-0.1, -0.05) is 18.2 Å². The Kier molecular flexibility index (Phi) is 4.29. The molecule has 0 aliphatic rings. The zero-order chi connectivity index (χ0) is 11.1. The SMILES string of the molecule is C=C(C)CNC(=O)/C=C/c1cccnc1. The zero-order valence-electron chi connectivity index (χ0n) is 8.73. The molecule has 0 radical (unpaired) electrons. The van der Waals surface area contributed by atoms with Crippen LogP contribution in [0, 0.1) is 0 Å². The summed E-state index contributed by atoms with van der Waals surface area (Å²) in [6.07, 6.45) is 6.60. The summed E-state index contributed by atoms with van der Waals surface area (Å²) < 4.78 is 0. The van der Waals surface area contributed by atoms with E-state index >= 15 is 0 Å². The number of hydrogen-bond acceptors (Lipinski definition) is 2. The van der Waals surface area contributed by atoms with Crippen molar-refractivity contribution in [2.45, 2.75) is 6.92 Å². The minimum atomic E-state index is -0.123. The number of carbonyl (C=O) groups excluding carboxylic acids is 1. The molecule has 0 saturated heterocycles. The van der Waals surface area contributed by atoms with Crippen molar-refractivity contribution in [1.29, 1.82) is 0 Å². The summed E-state index contributed by atoms with van der Waals surface area (Å²) in [6.45, 7) is 6.07. The summed E-state index contributed by atoms with van der Waals surface area (Å²) in [5, 5.41) is 2.71. The summed E-state index contributed by atoms with van der Waals surface area (Å²) in [7, 11) is 0. The van der Waals surface area contributed by atoms with E-state index in [9.17, 15) is 4.79 Å². The molecule has 3 heteroatoms. The first-order valence-electron chi connectivity index (χ1n) is 4.69. The second-order valence-electron chi connectivity index (χ2n) is 3.29. The standard InChI is InChI=1S/C12H14N2O/c1-10(2)8-14-12(15)6-5-11-4-3-7-13-9-11/h3-7,9H,1,8H2,2H3,(H,14,15)/b6-5+. The molecule has 0 aliphatic carbocycles. The van der Waals surface area contributed by atoms with Crippen molar-refractivity contribution in [2.75, 3.05) is 6.54 Å². The van der Waals surface area contributed by atoms with Gasteiger partial charge in [-0.2, -0.15) is 0 Å². The van der Waals surface area contributed by atoms with Crippen molar-refractivity contribution in [3.05, 3.63) is 48.3 Å². The Labute approximate surface area is 89.5 Å². The predicted molar refractivity (Wildman–Crippen MR) is 61.1 cm³/mol. The van der Waals surface area contributed by atoms with Gasteiger partial charge in [0.05, 0.1) is 0 Å². The van der Waals surface area contributed by atoms with Crippen LogP contribution in [0.1, 0.15) is 12.5 Å². The van der Waals surface area contributed by atoms with Gasteiger partial charge < -0.3 is 5.32 Å². The topological polar surface area (TPSA) is 42.0 Å². The van der Waals surface area contributed by atoms with Gasteiger partial charge in [-0.15, -0.1) is 0 Å². The highest BCUT2D eigenvalue weighted by Crippen LogP contribution is 1.97. The quantitative estimate of drug-likeness (QED) is 0.597. The number of pyridine rings is 1. The molecule has 0 spiro atoms. The first-order chi connectivity index (χ1) is 7.18. The van der Waals surface area contributed by atoms with Gasteiger partial charge in [-0.05, 0) is 24.6 Å². The zero-order valence-corrected chi connectivity index (χ0v) is 8.73. The van der Waals surface area contributed by atoms with Gasteiger partial charge in [0.1, 0.15) is 0 Å². The molecule has 0 aromatic carbocycles. The van der Waals surface area contributed by atoms with E-state index in [-0.39, 0.29) is 5.91 Å². The highest BCUT2D eigenvalue weighted by molar-refractivity contribution is 5.91. The van der Waals surface area contributed by atoms with Crippen molar-refractivity contribution in [3.63, 3.8) is 0 Å². The van der Waals surface area contributed by atoms with E-state index in [2.05, 4.69) is 16.9 Å². The molecule has 0 atom stereocenters. The van der Waals surface area contributed by atoms with Gasteiger partial charge in [0, 0.05) is 25.0 Å². The Morgan fingerprint density at radius 2 is 2.47 bits per heavy atom. The minimum Gasteiger partial charge on any atom is -0.349 e. The van der Waals surface area contributed by atoms with Gasteiger partial charge in [0.25, 0.3) is 0 Å². The lowest BCUT2D eigenvalue weighted by Crippen LogP contribution is -2.22. The van der Waals surface area contributed by atoms with E-state index in [4.69, 9.17) is 0 Å². The van der Waals surface area contributed by atoms with E-state index < -0.39 is 0 Å². The third-order valence-corrected chi connectivity index (χ3v) is 1.68. The number of aromatic nitrogens is 1. The van der Waals surface area contributed by atoms with E-state index in [1.807, 2.05) is 19.1 Å². The molecule has 1 aromatic rings. The van der Waals surface area contributed by atoms with Gasteiger partial charge in [-0.3, -0.25) is 9.78 Å². The smallest absolute Gasteiger partial charge is 0.244 e. The fraction of sp³-hybridized carbons (Fsp3) is 0.167. The monoisotopic (exact) mass is 202 g/mol. The molecule has 1 heterocycles. The molecule has 0 fully saturated rings. The second kappa shape index (κ2) is 5.75. The van der Waals surface area contributed by atoms with Crippen LogP contribution >= 0.6 is 0 Å². The van der Waals surface area contributed by atoms with Crippen LogP contribution in [0.15, 0.2) is 42.8 Å². The average Bonchev–Trinajstić information content (AvgIpc) is 2.25. The number of carbonyl (C=O) groups is 1. The third-order valence-electron chi connectivity index (χ3n) is 1.68. The summed E-state index contributed by atoms with van der Waals surface area (Å²) in [4.78, 5) is 15.2. The Hall–Kier alpha value is -1.90. The highest BCUT2D eigenvalue weighted by Gasteiger charge is 1.93. The van der Waals surface area contributed by atoms with Crippen LogP contribution in [0.3, 0.4) is 0 Å². The average molecular weight is 202 g/mol. The predicted octanol–water partition coefficient (Wildman–Crippen LogP) is 1.79. The van der Waals surface area contributed by atoms with Crippen LogP contribution < -0.4 is 5.32 Å². The number of nitrogens with zero attached hydrogens (tertiary/aromatic N) is 1. The van der Waals surface area contributed by atoms with Gasteiger partial charge in [0.15, 0.2) is 0 Å². The Morgan fingerprint density at radius 3 is 3.07 bits per heavy atom. The van der Waals surface area contributed by atoms with E-state index in [0.717, 1.165) is 11.1 Å². The maximum absolute atomic E-state index is 11.3. The maximum Gasteiger partial charge on any atom is 0.244 e. The highest BCUT2D eigenvalue weighted by atomic mass is 16.1. The van der Waals surface area contributed by atoms with Crippen LogP contribution in [-0.2, 0) is 4.79 Å². The van der Waals surface area contributed by atoms with E-state index in [1.54, 1.807) is 18.5 Å². The fourth-order valence-electron chi connectivity index (χ4n) is 0.943. The normalized spacial score (nSPS) is 10.2. The van der Waals surface area contributed by atoms with Gasteiger partial charge in [-0.25, -0.2) is 0 Å². The first-order valence-corrected chi connectivity index (χ1v) is 4.69. The van der Waals surface area contributed by atoms with E-state index in [0.29, 0.717) is 6.54 Å². The first kappa shape index (κ1) is 11.2. The van der Waals surface area contributed by atoms with Crippen molar-refractivity contribution < 1.29 is 4.79 Å². The molecule has 0 aliphatic heterocycles. The minimum absolute atomic E-state index is 0.123. The van der Waals surface area contributed by atoms with Crippen LogP contribution in [0.2, 0.25) is 0 Å². The Morgan fingerprint density at radius 1 is 1.67 bits per heavy atom. The van der Waals surface area contributed by atoms with Crippen molar-refractivity contribution in [1.82, 2.24) is 10.3 Å². The summed E-state index contributed by atoms with van der Waals surface area (Å²) in [6, 6.07) is 3.71. The third kappa shape index (κ3) is 4.76. The lowest BCUT2D eigenvalue weighted by Gasteiger charge is -1.99. The fourth-order valence-corrected chi connectivity index (χ4v) is 0.943. The molecule has 0 saturated carbocycles. The lowest BCUT2D eigenvalue weighted by atomic mass is 10.2. The Balaban J connectivity index is 2.44. The van der Waals surface area contributed by atoms with E-state index in [1.165, 1.54) is 6.08 Å². The second-order valence-corrected chi connectivity index (χ2v) is 3.29. The van der Waals surface area contributed by atoms with Crippen LogP contribution in [0.5, 0.6) is 0 Å². The van der Waals surface area contributed by atoms with Gasteiger partial charge >= 0.3 is 0 Å². The summed E-state index contributed by atoms with van der Waals surface area (Å²) in [5.74, 6) is -0.123. The molecule has 1 N–H and O–H groups in total. The molecule has 1 amide bonds. The molecular weight excluding hydrogens is 188 g/mol. The van der Waals surface area contributed by atoms with Gasteiger partial charge in [0.2, 0.25) is 5.91 Å². The number of rotatable bonds is 4. The largest absolute Gasteiger partial charge is 0.349 e. The number of hydrogen-bond donors (Lipinski definition) is 1. The molecule has 15 heavy (non-hydrogen) atoms. The number of amides is 1. The Bertz CT molecular complexity index is 368. The summed E-state index contributed by atoms with van der Waals surface area (Å²) >= 11 is 0. The van der Waals surface area contributed by atoms with Crippen molar-refractivity contribution >= 4 is 12.0 Å². The molecule has 1 aromatic heterocycles. The van der Waals surface area contributed by atoms with Crippen LogP contribution in [0.25, 0.3) is 6.08 Å². The van der Waals surface area contributed by atoms with Crippen molar-refractivity contribution in [3.8, 4) is 0 Å². The number of nitrogens with one attached hydrogen (secondary N) is 1. The molecular formula is C12H14N2O. The lowest BCUT2D eigenvalue weighted by molar-refractivity contribution is -0.116. The van der Waals surface area contributed by atoms with Crippen LogP contribution in [0.4, 0.5) is 0 Å². The maximum atomic E-state index is 11.3. The molecule has 3 nitrogen and oxygen atoms in total. The van der Waals surface area contributed by atoms with Crippen LogP contribution in [-0.4, -0.2) is 17.4 Å². The van der Waals surface area contributed by atoms with Crippen molar-refractivity contribution in [2.24, 2.45) is 0 Å². The molecule has 78 valence electrons. The molecule has 0 unspecified atom stereocenters. The summed E-state index contributed by atoms with van der Waals surface area (Å²) in [5.41, 5.74) is 1.83. The molecule has 0 bridgehead atoms.